The first-order valence-corrected chi connectivity index (χ1v) is 11.3. The number of amides is 1. The lowest BCUT2D eigenvalue weighted by Gasteiger charge is -2.21. The number of carbonyl (C=O) groups excluding carboxylic acids is 1. The predicted molar refractivity (Wildman–Crippen MR) is 132 cm³/mol. The van der Waals surface area contributed by atoms with Crippen LogP contribution in [0.25, 0.3) is 6.08 Å². The molecule has 0 unspecified atom stereocenters. The molecule has 3 rings (SSSR count). The normalized spacial score (nSPS) is 12.0. The van der Waals surface area contributed by atoms with E-state index in [-0.39, 0.29) is 11.9 Å². The molecule has 2 N–H and O–H groups in total. The van der Waals surface area contributed by atoms with E-state index >= 15 is 0 Å². The quantitative estimate of drug-likeness (QED) is 0.443. The average molecular weight is 446 g/mol. The summed E-state index contributed by atoms with van der Waals surface area (Å²) in [5, 5.41) is 3.02. The van der Waals surface area contributed by atoms with E-state index in [0.29, 0.717) is 31.3 Å². The molecule has 0 aliphatic rings. The van der Waals surface area contributed by atoms with Crippen LogP contribution in [0.15, 0.2) is 84.9 Å². The summed E-state index contributed by atoms with van der Waals surface area (Å²) in [6.45, 7) is 3.50. The first-order valence-electron chi connectivity index (χ1n) is 11.3. The van der Waals surface area contributed by atoms with Crippen molar-refractivity contribution in [2.45, 2.75) is 19.6 Å². The van der Waals surface area contributed by atoms with Crippen molar-refractivity contribution in [1.82, 2.24) is 5.32 Å². The third-order valence-corrected chi connectivity index (χ3v) is 5.31. The molecule has 5 heteroatoms. The molecule has 3 aromatic carbocycles. The molecule has 0 saturated carbocycles. The zero-order chi connectivity index (χ0) is 23.5. The summed E-state index contributed by atoms with van der Waals surface area (Å²) in [5.41, 5.74) is 3.17. The van der Waals surface area contributed by atoms with Crippen molar-refractivity contribution in [3.8, 4) is 11.5 Å². The highest BCUT2D eigenvalue weighted by Gasteiger charge is 2.17. The van der Waals surface area contributed by atoms with Crippen LogP contribution in [0.3, 0.4) is 0 Å². The summed E-state index contributed by atoms with van der Waals surface area (Å²) in [5.74, 6) is 1.22. The lowest BCUT2D eigenvalue weighted by molar-refractivity contribution is -0.890. The zero-order valence-corrected chi connectivity index (χ0v) is 19.6. The number of quaternary nitrogens is 1. The molecular formula is C28H33N2O3+. The molecule has 33 heavy (non-hydrogen) atoms. The Labute approximate surface area is 196 Å². The largest absolute Gasteiger partial charge is 0.490 e. The molecule has 3 aromatic rings. The maximum absolute atomic E-state index is 12.4. The minimum atomic E-state index is -0.125. The molecule has 0 radical (unpaired) electrons. The first kappa shape index (κ1) is 24.1. The van der Waals surface area contributed by atoms with Gasteiger partial charge in [0.2, 0.25) is 5.91 Å². The Morgan fingerprint density at radius 2 is 1.64 bits per heavy atom. The molecule has 0 saturated heterocycles. The second-order valence-electron chi connectivity index (χ2n) is 8.03. The first-order chi connectivity index (χ1) is 16.1. The smallest absolute Gasteiger partial charge is 0.244 e. The summed E-state index contributed by atoms with van der Waals surface area (Å²) in [7, 11) is 4.19. The van der Waals surface area contributed by atoms with Gasteiger partial charge in [0, 0.05) is 11.6 Å². The second-order valence-corrected chi connectivity index (χ2v) is 8.03. The number of nitrogens with one attached hydrogen (secondary N) is 2. The maximum Gasteiger partial charge on any atom is 0.244 e. The Balaban J connectivity index is 1.61. The lowest BCUT2D eigenvalue weighted by Crippen LogP contribution is -3.07. The summed E-state index contributed by atoms with van der Waals surface area (Å²) < 4.78 is 11.7. The highest BCUT2D eigenvalue weighted by atomic mass is 16.5. The van der Waals surface area contributed by atoms with Crippen LogP contribution < -0.4 is 19.7 Å². The number of likely N-dealkylation sites (N-methyl/N-ethyl adjacent to an activating group) is 1. The summed E-state index contributed by atoms with van der Waals surface area (Å²) >= 11 is 0. The van der Waals surface area contributed by atoms with E-state index in [0.717, 1.165) is 11.1 Å². The van der Waals surface area contributed by atoms with Gasteiger partial charge in [-0.3, -0.25) is 4.79 Å². The number of carbonyl (C=O) groups is 1. The Hall–Kier alpha value is -3.57. The highest BCUT2D eigenvalue weighted by Crippen LogP contribution is 2.29. The van der Waals surface area contributed by atoms with Gasteiger partial charge < -0.3 is 19.7 Å². The van der Waals surface area contributed by atoms with Gasteiger partial charge in [-0.05, 0) is 36.3 Å². The van der Waals surface area contributed by atoms with Crippen molar-refractivity contribution < 1.29 is 19.2 Å². The van der Waals surface area contributed by atoms with Gasteiger partial charge in [-0.2, -0.15) is 0 Å². The van der Waals surface area contributed by atoms with Crippen molar-refractivity contribution in [1.29, 1.82) is 0 Å². The fourth-order valence-electron chi connectivity index (χ4n) is 3.53. The molecule has 1 amide bonds. The molecule has 0 fully saturated rings. The van der Waals surface area contributed by atoms with E-state index in [1.54, 1.807) is 12.2 Å². The Morgan fingerprint density at radius 1 is 0.939 bits per heavy atom. The Kier molecular flexibility index (Phi) is 9.09. The minimum Gasteiger partial charge on any atom is -0.490 e. The van der Waals surface area contributed by atoms with E-state index in [4.69, 9.17) is 9.47 Å². The lowest BCUT2D eigenvalue weighted by atomic mass is 10.1. The predicted octanol–water partition coefficient (Wildman–Crippen LogP) is 3.68. The number of rotatable bonds is 11. The van der Waals surface area contributed by atoms with Crippen LogP contribution in [-0.4, -0.2) is 33.2 Å². The van der Waals surface area contributed by atoms with Crippen LogP contribution in [0.4, 0.5) is 0 Å². The third kappa shape index (κ3) is 7.51. The van der Waals surface area contributed by atoms with Crippen molar-refractivity contribution >= 4 is 12.0 Å². The topological polar surface area (TPSA) is 52.0 Å². The van der Waals surface area contributed by atoms with Gasteiger partial charge in [-0.25, -0.2) is 0 Å². The molecule has 0 spiro atoms. The van der Waals surface area contributed by atoms with E-state index in [2.05, 4.69) is 31.5 Å². The van der Waals surface area contributed by atoms with Crippen LogP contribution in [0, 0.1) is 0 Å². The van der Waals surface area contributed by atoms with Crippen LogP contribution in [0.2, 0.25) is 0 Å². The molecule has 0 aliphatic carbocycles. The fourth-order valence-corrected chi connectivity index (χ4v) is 3.53. The SMILES string of the molecule is CCOc1cc(/C=C/C(=O)NC[C@H](c2ccccc2)[NH+](C)C)ccc1OCc1ccccc1. The molecule has 0 aromatic heterocycles. The Bertz CT molecular complexity index is 1030. The minimum absolute atomic E-state index is 0.125. The van der Waals surface area contributed by atoms with Crippen LogP contribution >= 0.6 is 0 Å². The summed E-state index contributed by atoms with van der Waals surface area (Å²) in [4.78, 5) is 13.7. The van der Waals surface area contributed by atoms with Gasteiger partial charge in [-0.15, -0.1) is 0 Å². The molecule has 0 bridgehead atoms. The molecule has 0 heterocycles. The molecule has 5 nitrogen and oxygen atoms in total. The van der Waals surface area contributed by atoms with Crippen LogP contribution in [0.5, 0.6) is 11.5 Å². The number of benzene rings is 3. The van der Waals surface area contributed by atoms with E-state index < -0.39 is 0 Å². The van der Waals surface area contributed by atoms with Crippen LogP contribution in [0.1, 0.15) is 29.7 Å². The van der Waals surface area contributed by atoms with E-state index in [9.17, 15) is 4.79 Å². The Morgan fingerprint density at radius 3 is 2.30 bits per heavy atom. The zero-order valence-electron chi connectivity index (χ0n) is 19.6. The monoisotopic (exact) mass is 445 g/mol. The third-order valence-electron chi connectivity index (χ3n) is 5.31. The highest BCUT2D eigenvalue weighted by molar-refractivity contribution is 5.91. The molecular weight excluding hydrogens is 412 g/mol. The summed E-state index contributed by atoms with van der Waals surface area (Å²) in [6.07, 6.45) is 3.35. The van der Waals surface area contributed by atoms with Gasteiger partial charge in [0.15, 0.2) is 11.5 Å². The fraction of sp³-hybridized carbons (Fsp3) is 0.250. The van der Waals surface area contributed by atoms with Crippen molar-refractivity contribution in [3.05, 3.63) is 102 Å². The average Bonchev–Trinajstić information content (AvgIpc) is 2.83. The van der Waals surface area contributed by atoms with Gasteiger partial charge in [-0.1, -0.05) is 66.7 Å². The molecule has 172 valence electrons. The van der Waals surface area contributed by atoms with Crippen molar-refractivity contribution in [2.24, 2.45) is 0 Å². The number of hydrogen-bond acceptors (Lipinski definition) is 3. The van der Waals surface area contributed by atoms with Crippen molar-refractivity contribution in [3.63, 3.8) is 0 Å². The summed E-state index contributed by atoms with van der Waals surface area (Å²) in [6, 6.07) is 26.1. The standard InChI is InChI=1S/C28H32N2O3/c1-4-32-27-19-22(15-17-26(27)33-21-23-11-7-5-8-12-23)16-18-28(31)29-20-25(30(2)3)24-13-9-6-10-14-24/h5-19,25H,4,20-21H2,1-3H3,(H,29,31)/p+1/b18-16+/t25-/m1/s1. The second kappa shape index (κ2) is 12.5. The van der Waals surface area contributed by atoms with Crippen molar-refractivity contribution in [2.75, 3.05) is 27.2 Å². The maximum atomic E-state index is 12.4. The molecule has 0 aliphatic heterocycles. The van der Waals surface area contributed by atoms with Gasteiger partial charge in [0.05, 0.1) is 27.2 Å². The molecule has 1 atom stereocenters. The van der Waals surface area contributed by atoms with E-state index in [1.807, 2.05) is 73.7 Å². The van der Waals surface area contributed by atoms with Gasteiger partial charge in [0.1, 0.15) is 12.6 Å². The van der Waals surface area contributed by atoms with E-state index in [1.165, 1.54) is 10.5 Å². The van der Waals surface area contributed by atoms with Gasteiger partial charge >= 0.3 is 0 Å². The number of ether oxygens (including phenoxy) is 2. The number of hydrogen-bond donors (Lipinski definition) is 2. The van der Waals surface area contributed by atoms with Crippen LogP contribution in [-0.2, 0) is 11.4 Å². The van der Waals surface area contributed by atoms with Gasteiger partial charge in [0.25, 0.3) is 0 Å².